The van der Waals surface area contributed by atoms with Gasteiger partial charge in [-0.2, -0.15) is 0 Å². The Kier molecular flexibility index (Phi) is 4.90. The molecule has 2 heterocycles. The molecule has 1 saturated heterocycles. The first-order valence-electron chi connectivity index (χ1n) is 9.10. The van der Waals surface area contributed by atoms with Crippen molar-refractivity contribution in [1.82, 2.24) is 14.8 Å². The number of hydrogen-bond acceptors (Lipinski definition) is 2. The largest absolute Gasteiger partial charge is 0.362 e. The van der Waals surface area contributed by atoms with Crippen molar-refractivity contribution in [1.29, 1.82) is 0 Å². The van der Waals surface area contributed by atoms with E-state index in [1.807, 2.05) is 49.6 Å². The van der Waals surface area contributed by atoms with Crippen LogP contribution in [0.4, 0.5) is 0 Å². The van der Waals surface area contributed by atoms with E-state index in [4.69, 9.17) is 0 Å². The van der Waals surface area contributed by atoms with Crippen LogP contribution >= 0.6 is 0 Å². The van der Waals surface area contributed by atoms with Gasteiger partial charge in [-0.05, 0) is 63.4 Å². The SMILES string of the molecule is Cc1cc(C(=O)N2CCN(C(=O)c3cc(C)c(C)cc3C)CC2)c(C)[nH]1. The Labute approximate surface area is 155 Å². The fourth-order valence-corrected chi connectivity index (χ4v) is 3.59. The number of carbonyl (C=O) groups excluding carboxylic acids is 2. The van der Waals surface area contributed by atoms with Crippen LogP contribution in [0.2, 0.25) is 0 Å². The zero-order valence-electron chi connectivity index (χ0n) is 16.3. The Morgan fingerprint density at radius 2 is 1.23 bits per heavy atom. The summed E-state index contributed by atoms with van der Waals surface area (Å²) in [5.41, 5.74) is 6.73. The van der Waals surface area contributed by atoms with E-state index in [1.54, 1.807) is 0 Å². The molecule has 1 aliphatic heterocycles. The van der Waals surface area contributed by atoms with Crippen LogP contribution in [0.1, 0.15) is 48.8 Å². The van der Waals surface area contributed by atoms with E-state index >= 15 is 0 Å². The van der Waals surface area contributed by atoms with Crippen molar-refractivity contribution in [2.24, 2.45) is 0 Å². The second-order valence-electron chi connectivity index (χ2n) is 7.33. The van der Waals surface area contributed by atoms with Gasteiger partial charge in [0.25, 0.3) is 11.8 Å². The van der Waals surface area contributed by atoms with Gasteiger partial charge >= 0.3 is 0 Å². The second kappa shape index (κ2) is 6.98. The molecule has 3 rings (SSSR count). The van der Waals surface area contributed by atoms with Crippen molar-refractivity contribution in [2.45, 2.75) is 34.6 Å². The molecule has 1 aromatic carbocycles. The van der Waals surface area contributed by atoms with Crippen LogP contribution in [0, 0.1) is 34.6 Å². The summed E-state index contributed by atoms with van der Waals surface area (Å²) in [6, 6.07) is 5.95. The molecule has 1 fully saturated rings. The van der Waals surface area contributed by atoms with E-state index in [9.17, 15) is 9.59 Å². The maximum atomic E-state index is 12.9. The molecule has 0 spiro atoms. The van der Waals surface area contributed by atoms with E-state index < -0.39 is 0 Å². The van der Waals surface area contributed by atoms with Gasteiger partial charge in [0.15, 0.2) is 0 Å². The standard InChI is InChI=1S/C21H27N3O2/c1-13-10-15(3)18(11-14(13)2)20(25)23-6-8-24(9-7-23)21(26)19-12-16(4)22-17(19)5/h10-12,22H,6-9H2,1-5H3. The molecule has 0 radical (unpaired) electrons. The Morgan fingerprint density at radius 1 is 0.731 bits per heavy atom. The number of nitrogens with one attached hydrogen (secondary N) is 1. The molecular formula is C21H27N3O2. The van der Waals surface area contributed by atoms with Crippen LogP contribution in [0.25, 0.3) is 0 Å². The molecule has 2 aromatic rings. The number of rotatable bonds is 2. The molecule has 1 aromatic heterocycles. The fourth-order valence-electron chi connectivity index (χ4n) is 3.59. The zero-order valence-corrected chi connectivity index (χ0v) is 16.3. The summed E-state index contributed by atoms with van der Waals surface area (Å²) >= 11 is 0. The number of aromatic amines is 1. The summed E-state index contributed by atoms with van der Waals surface area (Å²) in [6.45, 7) is 12.2. The van der Waals surface area contributed by atoms with Crippen LogP contribution < -0.4 is 0 Å². The molecule has 0 bridgehead atoms. The first-order valence-corrected chi connectivity index (χ1v) is 9.10. The first kappa shape index (κ1) is 18.2. The average Bonchev–Trinajstić information content (AvgIpc) is 2.95. The third-order valence-corrected chi connectivity index (χ3v) is 5.31. The molecule has 1 aliphatic rings. The predicted molar refractivity (Wildman–Crippen MR) is 103 cm³/mol. The number of amides is 2. The topological polar surface area (TPSA) is 56.4 Å². The van der Waals surface area contributed by atoms with Gasteiger partial charge in [-0.25, -0.2) is 0 Å². The number of benzene rings is 1. The van der Waals surface area contributed by atoms with E-state index in [-0.39, 0.29) is 11.8 Å². The van der Waals surface area contributed by atoms with Crippen molar-refractivity contribution in [3.8, 4) is 0 Å². The smallest absolute Gasteiger partial charge is 0.255 e. The lowest BCUT2D eigenvalue weighted by Crippen LogP contribution is -2.50. The molecule has 5 heteroatoms. The van der Waals surface area contributed by atoms with Gasteiger partial charge in [0.1, 0.15) is 0 Å². The number of aryl methyl sites for hydroxylation is 5. The van der Waals surface area contributed by atoms with Crippen LogP contribution in [0.5, 0.6) is 0 Å². The highest BCUT2D eigenvalue weighted by Gasteiger charge is 2.27. The van der Waals surface area contributed by atoms with Crippen LogP contribution in [-0.4, -0.2) is 52.8 Å². The maximum Gasteiger partial charge on any atom is 0.255 e. The van der Waals surface area contributed by atoms with Crippen molar-refractivity contribution in [3.63, 3.8) is 0 Å². The maximum absolute atomic E-state index is 12.9. The van der Waals surface area contributed by atoms with Gasteiger partial charge in [-0.3, -0.25) is 9.59 Å². The Bertz CT molecular complexity index is 858. The van der Waals surface area contributed by atoms with Gasteiger partial charge in [0.2, 0.25) is 0 Å². The summed E-state index contributed by atoms with van der Waals surface area (Å²) in [6.07, 6.45) is 0. The number of carbonyl (C=O) groups is 2. The molecule has 138 valence electrons. The summed E-state index contributed by atoms with van der Waals surface area (Å²) in [7, 11) is 0. The van der Waals surface area contributed by atoms with Crippen LogP contribution in [-0.2, 0) is 0 Å². The van der Waals surface area contributed by atoms with Gasteiger partial charge in [0.05, 0.1) is 5.56 Å². The lowest BCUT2D eigenvalue weighted by molar-refractivity contribution is 0.0534. The number of hydrogen-bond donors (Lipinski definition) is 1. The fraction of sp³-hybridized carbons (Fsp3) is 0.429. The van der Waals surface area contributed by atoms with Gasteiger partial charge in [-0.15, -0.1) is 0 Å². The Hall–Kier alpha value is -2.56. The second-order valence-corrected chi connectivity index (χ2v) is 7.33. The predicted octanol–water partition coefficient (Wildman–Crippen LogP) is 3.16. The van der Waals surface area contributed by atoms with Crippen molar-refractivity contribution in [3.05, 3.63) is 57.4 Å². The Morgan fingerprint density at radius 3 is 1.73 bits per heavy atom. The molecule has 26 heavy (non-hydrogen) atoms. The lowest BCUT2D eigenvalue weighted by atomic mass is 10.00. The minimum atomic E-state index is 0.0429. The number of H-pyrrole nitrogens is 1. The van der Waals surface area contributed by atoms with Gasteiger partial charge in [-0.1, -0.05) is 6.07 Å². The molecule has 1 N–H and O–H groups in total. The molecule has 0 atom stereocenters. The van der Waals surface area contributed by atoms with E-state index in [0.29, 0.717) is 26.2 Å². The molecule has 5 nitrogen and oxygen atoms in total. The minimum Gasteiger partial charge on any atom is -0.362 e. The van der Waals surface area contributed by atoms with E-state index in [0.717, 1.165) is 33.6 Å². The van der Waals surface area contributed by atoms with E-state index in [1.165, 1.54) is 5.56 Å². The summed E-state index contributed by atoms with van der Waals surface area (Å²) in [5, 5.41) is 0. The minimum absolute atomic E-state index is 0.0429. The highest BCUT2D eigenvalue weighted by atomic mass is 16.2. The lowest BCUT2D eigenvalue weighted by Gasteiger charge is -2.35. The third-order valence-electron chi connectivity index (χ3n) is 5.31. The third kappa shape index (κ3) is 3.39. The van der Waals surface area contributed by atoms with Crippen molar-refractivity contribution in [2.75, 3.05) is 26.2 Å². The molecule has 0 unspecified atom stereocenters. The summed E-state index contributed by atoms with van der Waals surface area (Å²) in [4.78, 5) is 32.5. The van der Waals surface area contributed by atoms with Crippen LogP contribution in [0.15, 0.2) is 18.2 Å². The highest BCUT2D eigenvalue weighted by molar-refractivity contribution is 5.97. The molecule has 0 saturated carbocycles. The van der Waals surface area contributed by atoms with Gasteiger partial charge < -0.3 is 14.8 Å². The van der Waals surface area contributed by atoms with Crippen molar-refractivity contribution >= 4 is 11.8 Å². The highest BCUT2D eigenvalue weighted by Crippen LogP contribution is 2.19. The van der Waals surface area contributed by atoms with Crippen LogP contribution in [0.3, 0.4) is 0 Å². The normalized spacial score (nSPS) is 14.7. The number of aromatic nitrogens is 1. The molecular weight excluding hydrogens is 326 g/mol. The zero-order chi connectivity index (χ0) is 19.0. The first-order chi connectivity index (χ1) is 12.3. The Balaban J connectivity index is 1.69. The van der Waals surface area contributed by atoms with Crippen molar-refractivity contribution < 1.29 is 9.59 Å². The average molecular weight is 353 g/mol. The number of piperazine rings is 1. The summed E-state index contributed by atoms with van der Waals surface area (Å²) in [5.74, 6) is 0.104. The van der Waals surface area contributed by atoms with E-state index in [2.05, 4.69) is 18.0 Å². The monoisotopic (exact) mass is 353 g/mol. The molecule has 2 amide bonds. The number of nitrogens with zero attached hydrogens (tertiary/aromatic N) is 2. The van der Waals surface area contributed by atoms with Gasteiger partial charge in [0, 0.05) is 43.1 Å². The molecule has 0 aliphatic carbocycles. The summed E-state index contributed by atoms with van der Waals surface area (Å²) < 4.78 is 0. The quantitative estimate of drug-likeness (QED) is 0.902.